The largest absolute Gasteiger partial charge is 0.310 e. The molecule has 0 radical (unpaired) electrons. The van der Waals surface area contributed by atoms with Crippen LogP contribution in [0.15, 0.2) is 140 Å². The lowest BCUT2D eigenvalue weighted by atomic mass is 9.50. The highest BCUT2D eigenvalue weighted by atomic mass is 15.1. The monoisotopic (exact) mass is 713 g/mol. The molecular weight excluding hydrogens is 663 g/mol. The van der Waals surface area contributed by atoms with Gasteiger partial charge in [-0.3, -0.25) is 0 Å². The van der Waals surface area contributed by atoms with Gasteiger partial charge in [0.25, 0.3) is 0 Å². The average Bonchev–Trinajstić information content (AvgIpc) is 4.01. The van der Waals surface area contributed by atoms with Crippen molar-refractivity contribution in [1.29, 1.82) is 0 Å². The minimum Gasteiger partial charge on any atom is -0.310 e. The van der Waals surface area contributed by atoms with Crippen molar-refractivity contribution >= 4 is 17.1 Å². The third-order valence-corrected chi connectivity index (χ3v) is 16.1. The van der Waals surface area contributed by atoms with E-state index in [4.69, 9.17) is 0 Å². The van der Waals surface area contributed by atoms with Crippen LogP contribution in [0.2, 0.25) is 0 Å². The maximum absolute atomic E-state index is 2.65. The molecule has 12 rings (SSSR count). The maximum Gasteiger partial charge on any atom is 0.0543 e. The zero-order valence-electron chi connectivity index (χ0n) is 32.2. The molecule has 7 unspecified atom stereocenters. The summed E-state index contributed by atoms with van der Waals surface area (Å²) in [5.41, 5.74) is 18.9. The summed E-state index contributed by atoms with van der Waals surface area (Å²) >= 11 is 0. The van der Waals surface area contributed by atoms with Crippen molar-refractivity contribution in [3.05, 3.63) is 162 Å². The van der Waals surface area contributed by atoms with Gasteiger partial charge in [0.05, 0.1) is 5.69 Å². The van der Waals surface area contributed by atoms with Crippen LogP contribution in [0.25, 0.3) is 33.4 Å². The number of hydrogen-bond acceptors (Lipinski definition) is 1. The summed E-state index contributed by atoms with van der Waals surface area (Å²) in [6.07, 6.45) is 13.6. The number of rotatable bonds is 5. The highest BCUT2D eigenvalue weighted by Crippen LogP contribution is 2.68. The standard InChI is InChI=1S/C54H51N/c1-2-39-30-35-12-10-15-41(31-35)54(39)48-19-9-7-17-46(48)52-49(54)20-11-21-51(52)55(42-26-23-38(24-27-42)37-13-4-3-5-14-37)43-28-29-45-44-16-6-8-18-47(44)53(50(45)33-43)34-36-22-25-40(53)32-36/h3-9,11,13-14,16-21,23-24,26-29,33,35-36,39-41H,2,10,12,15,22,25,30-32,34H2,1H3. The van der Waals surface area contributed by atoms with Crippen LogP contribution in [0.3, 0.4) is 0 Å². The van der Waals surface area contributed by atoms with Gasteiger partial charge in [0.2, 0.25) is 0 Å². The minimum atomic E-state index is 0.0865. The molecule has 0 saturated heterocycles. The minimum absolute atomic E-state index is 0.0865. The summed E-state index contributed by atoms with van der Waals surface area (Å²) in [5.74, 6) is 3.85. The smallest absolute Gasteiger partial charge is 0.0543 e. The second kappa shape index (κ2) is 12.1. The van der Waals surface area contributed by atoms with Crippen LogP contribution in [0, 0.1) is 29.6 Å². The molecule has 7 atom stereocenters. The fourth-order valence-electron chi connectivity index (χ4n) is 14.1. The van der Waals surface area contributed by atoms with Crippen molar-refractivity contribution < 1.29 is 0 Å². The third-order valence-electron chi connectivity index (χ3n) is 16.1. The van der Waals surface area contributed by atoms with Gasteiger partial charge >= 0.3 is 0 Å². The van der Waals surface area contributed by atoms with Crippen molar-refractivity contribution in [3.8, 4) is 33.4 Å². The highest BCUT2D eigenvalue weighted by Gasteiger charge is 2.58. The molecule has 6 aromatic carbocycles. The van der Waals surface area contributed by atoms with Gasteiger partial charge in [-0.2, -0.15) is 0 Å². The number of fused-ring (bicyclic) bond motifs is 16. The summed E-state index contributed by atoms with van der Waals surface area (Å²) in [5, 5.41) is 0. The predicted molar refractivity (Wildman–Crippen MR) is 228 cm³/mol. The number of nitrogens with zero attached hydrogens (tertiary/aromatic N) is 1. The van der Waals surface area contributed by atoms with E-state index in [0.29, 0.717) is 11.8 Å². The van der Waals surface area contributed by atoms with Crippen LogP contribution in [-0.2, 0) is 10.8 Å². The summed E-state index contributed by atoms with van der Waals surface area (Å²) in [6, 6.07) is 54.4. The molecule has 6 aromatic rings. The van der Waals surface area contributed by atoms with E-state index in [1.807, 2.05) is 0 Å². The Morgan fingerprint density at radius 3 is 2.04 bits per heavy atom. The van der Waals surface area contributed by atoms with Crippen molar-refractivity contribution in [2.75, 3.05) is 4.90 Å². The summed E-state index contributed by atoms with van der Waals surface area (Å²) in [7, 11) is 0. The van der Waals surface area contributed by atoms with Gasteiger partial charge in [0, 0.05) is 27.8 Å². The Kier molecular flexibility index (Phi) is 7.10. The predicted octanol–water partition coefficient (Wildman–Crippen LogP) is 14.4. The third kappa shape index (κ3) is 4.36. The first-order valence-electron chi connectivity index (χ1n) is 21.6. The lowest BCUT2D eigenvalue weighted by Gasteiger charge is -2.54. The molecule has 0 N–H and O–H groups in total. The van der Waals surface area contributed by atoms with E-state index in [1.54, 1.807) is 22.3 Å². The van der Waals surface area contributed by atoms with Crippen molar-refractivity contribution in [2.45, 2.75) is 82.0 Å². The molecule has 6 aliphatic carbocycles. The van der Waals surface area contributed by atoms with E-state index in [-0.39, 0.29) is 10.8 Å². The quantitative estimate of drug-likeness (QED) is 0.172. The number of anilines is 3. The van der Waals surface area contributed by atoms with Crippen molar-refractivity contribution in [1.82, 2.24) is 0 Å². The summed E-state index contributed by atoms with van der Waals surface area (Å²) in [4.78, 5) is 2.65. The van der Waals surface area contributed by atoms with E-state index in [0.717, 1.165) is 17.8 Å². The lowest BCUT2D eigenvalue weighted by Crippen LogP contribution is -2.48. The van der Waals surface area contributed by atoms with Crippen LogP contribution in [0.4, 0.5) is 17.1 Å². The first kappa shape index (κ1) is 32.4. The van der Waals surface area contributed by atoms with Crippen molar-refractivity contribution in [3.63, 3.8) is 0 Å². The van der Waals surface area contributed by atoms with Gasteiger partial charge in [-0.1, -0.05) is 142 Å². The first-order chi connectivity index (χ1) is 27.2. The Morgan fingerprint density at radius 2 is 1.24 bits per heavy atom. The molecule has 2 spiro atoms. The van der Waals surface area contributed by atoms with Crippen LogP contribution in [0.1, 0.15) is 93.4 Å². The molecule has 4 saturated carbocycles. The number of hydrogen-bond donors (Lipinski definition) is 0. The molecule has 272 valence electrons. The van der Waals surface area contributed by atoms with E-state index in [9.17, 15) is 0 Å². The fourth-order valence-corrected chi connectivity index (χ4v) is 14.1. The van der Waals surface area contributed by atoms with E-state index in [1.165, 1.54) is 115 Å². The Bertz CT molecular complexity index is 2450. The lowest BCUT2D eigenvalue weighted by molar-refractivity contribution is 0.0557. The molecular formula is C54H51N. The van der Waals surface area contributed by atoms with E-state index >= 15 is 0 Å². The van der Waals surface area contributed by atoms with Gasteiger partial charge < -0.3 is 4.90 Å². The molecule has 4 fully saturated rings. The summed E-state index contributed by atoms with van der Waals surface area (Å²) in [6.45, 7) is 2.48. The average molecular weight is 714 g/mol. The fraction of sp³-hybridized carbons (Fsp3) is 0.333. The zero-order valence-corrected chi connectivity index (χ0v) is 32.2. The van der Waals surface area contributed by atoms with E-state index in [2.05, 4.69) is 151 Å². The van der Waals surface area contributed by atoms with Crippen LogP contribution >= 0.6 is 0 Å². The van der Waals surface area contributed by atoms with Gasteiger partial charge in [0.15, 0.2) is 0 Å². The Morgan fingerprint density at radius 1 is 0.527 bits per heavy atom. The van der Waals surface area contributed by atoms with Crippen molar-refractivity contribution in [2.24, 2.45) is 29.6 Å². The Hall–Kier alpha value is -4.88. The SMILES string of the molecule is CCC1CC2CCCC(C2)C12c1ccccc1-c1c(N(c3ccc(-c4ccccc4)cc3)c3ccc4c(c3)C3(CC5CCC3C5)c3ccccc3-4)cccc12. The van der Waals surface area contributed by atoms with Crippen LogP contribution in [-0.4, -0.2) is 0 Å². The summed E-state index contributed by atoms with van der Waals surface area (Å²) < 4.78 is 0. The molecule has 0 amide bonds. The molecule has 6 aliphatic rings. The normalized spacial score (nSPS) is 28.9. The van der Waals surface area contributed by atoms with E-state index < -0.39 is 0 Å². The van der Waals surface area contributed by atoms with Gasteiger partial charge in [-0.15, -0.1) is 0 Å². The van der Waals surface area contributed by atoms with Gasteiger partial charge in [-0.25, -0.2) is 0 Å². The maximum atomic E-state index is 2.65. The van der Waals surface area contributed by atoms with Gasteiger partial charge in [0.1, 0.15) is 0 Å². The second-order valence-corrected chi connectivity index (χ2v) is 18.3. The molecule has 0 aliphatic heterocycles. The molecule has 1 nitrogen and oxygen atoms in total. The highest BCUT2D eigenvalue weighted by molar-refractivity contribution is 5.96. The first-order valence-corrected chi connectivity index (χ1v) is 21.6. The Balaban J connectivity index is 1.09. The van der Waals surface area contributed by atoms with Crippen LogP contribution in [0.5, 0.6) is 0 Å². The number of benzene rings is 6. The molecule has 55 heavy (non-hydrogen) atoms. The second-order valence-electron chi connectivity index (χ2n) is 18.3. The molecule has 1 heteroatoms. The molecule has 0 aromatic heterocycles. The molecule has 0 heterocycles. The molecule has 4 bridgehead atoms. The Labute approximate surface area is 327 Å². The van der Waals surface area contributed by atoms with Crippen LogP contribution < -0.4 is 4.90 Å². The topological polar surface area (TPSA) is 3.24 Å². The van der Waals surface area contributed by atoms with Gasteiger partial charge in [-0.05, 0) is 149 Å². The zero-order chi connectivity index (χ0) is 36.3.